The van der Waals surface area contributed by atoms with Crippen LogP contribution in [0.3, 0.4) is 0 Å². The highest BCUT2D eigenvalue weighted by Crippen LogP contribution is 2.29. The fourth-order valence-corrected chi connectivity index (χ4v) is 2.96. The molecule has 7 heteroatoms. The second-order valence-corrected chi connectivity index (χ2v) is 7.43. The van der Waals surface area contributed by atoms with Crippen LogP contribution >= 0.6 is 11.6 Å². The molecule has 148 valence electrons. The Balaban J connectivity index is 2.11. The molecule has 1 aromatic heterocycles. The van der Waals surface area contributed by atoms with Crippen LogP contribution in [0.4, 0.5) is 11.5 Å². The molecule has 0 saturated carbocycles. The lowest BCUT2D eigenvalue weighted by Gasteiger charge is -2.21. The topological polar surface area (TPSA) is 78.0 Å². The maximum absolute atomic E-state index is 8.21. The van der Waals surface area contributed by atoms with Crippen molar-refractivity contribution in [3.05, 3.63) is 58.7 Å². The number of benzene rings is 2. The molecule has 0 aliphatic carbocycles. The van der Waals surface area contributed by atoms with Crippen LogP contribution < -0.4 is 10.5 Å². The summed E-state index contributed by atoms with van der Waals surface area (Å²) in [6, 6.07) is 13.1. The van der Waals surface area contributed by atoms with Gasteiger partial charge in [0.1, 0.15) is 11.4 Å². The number of halogens is 1. The van der Waals surface area contributed by atoms with E-state index >= 15 is 0 Å². The molecule has 0 atom stereocenters. The molecular formula is C22H22ClN5O. The zero-order valence-electron chi connectivity index (χ0n) is 16.7. The monoisotopic (exact) mass is 407 g/mol. The number of aromatic nitrogens is 2. The lowest BCUT2D eigenvalue weighted by Crippen LogP contribution is -2.26. The molecule has 29 heavy (non-hydrogen) atoms. The maximum Gasteiger partial charge on any atom is 0.229 e. The first kappa shape index (κ1) is 20.6. The summed E-state index contributed by atoms with van der Waals surface area (Å²) in [6.45, 7) is 3.82. The van der Waals surface area contributed by atoms with Crippen LogP contribution in [0, 0.1) is 22.7 Å². The summed E-state index contributed by atoms with van der Waals surface area (Å²) < 4.78 is 6.74. The lowest BCUT2D eigenvalue weighted by atomic mass is 10.1. The van der Waals surface area contributed by atoms with Crippen molar-refractivity contribution in [1.82, 2.24) is 9.55 Å². The number of hydrogen-bond donors (Lipinski definition) is 2. The van der Waals surface area contributed by atoms with Crippen LogP contribution in [0.5, 0.6) is 0 Å². The third-order valence-corrected chi connectivity index (χ3v) is 4.83. The van der Waals surface area contributed by atoms with Crippen molar-refractivity contribution in [2.24, 2.45) is 0 Å². The minimum Gasteiger partial charge on any atom is -0.366 e. The van der Waals surface area contributed by atoms with E-state index in [0.29, 0.717) is 16.4 Å². The van der Waals surface area contributed by atoms with Gasteiger partial charge in [-0.1, -0.05) is 29.5 Å². The normalized spacial score (nSPS) is 11.1. The number of nitrogens with zero attached hydrogens (tertiary/aromatic N) is 3. The first-order valence-corrected chi connectivity index (χ1v) is 9.32. The van der Waals surface area contributed by atoms with Gasteiger partial charge in [0.05, 0.1) is 11.9 Å². The van der Waals surface area contributed by atoms with Gasteiger partial charge in [0.2, 0.25) is 5.62 Å². The average Bonchev–Trinajstić information content (AvgIpc) is 2.71. The van der Waals surface area contributed by atoms with Crippen molar-refractivity contribution < 1.29 is 4.74 Å². The quantitative estimate of drug-likeness (QED) is 0.387. The first-order valence-electron chi connectivity index (χ1n) is 8.95. The molecule has 2 N–H and O–H groups in total. The summed E-state index contributed by atoms with van der Waals surface area (Å²) in [6.07, 6.45) is 1.06. The molecule has 0 radical (unpaired) electrons. The summed E-state index contributed by atoms with van der Waals surface area (Å²) in [5.74, 6) is 6.86. The van der Waals surface area contributed by atoms with E-state index in [2.05, 4.69) is 16.8 Å². The van der Waals surface area contributed by atoms with Gasteiger partial charge in [-0.25, -0.2) is 0 Å². The lowest BCUT2D eigenvalue weighted by molar-refractivity contribution is 0.0742. The van der Waals surface area contributed by atoms with E-state index in [0.717, 1.165) is 23.0 Å². The van der Waals surface area contributed by atoms with Gasteiger partial charge in [0, 0.05) is 35.8 Å². The van der Waals surface area contributed by atoms with Crippen molar-refractivity contribution in [3.8, 4) is 11.8 Å². The average molecular weight is 408 g/mol. The van der Waals surface area contributed by atoms with E-state index in [1.54, 1.807) is 19.2 Å². The second-order valence-electron chi connectivity index (χ2n) is 6.99. The molecule has 0 bridgehead atoms. The third-order valence-electron chi connectivity index (χ3n) is 4.60. The summed E-state index contributed by atoms with van der Waals surface area (Å²) >= 11 is 6.14. The molecule has 0 aliphatic heterocycles. The summed E-state index contributed by atoms with van der Waals surface area (Å²) in [5, 5.41) is 17.1. The van der Waals surface area contributed by atoms with Crippen LogP contribution in [0.25, 0.3) is 10.9 Å². The molecule has 0 unspecified atom stereocenters. The molecule has 0 spiro atoms. The third kappa shape index (κ3) is 4.32. The molecule has 6 nitrogen and oxygen atoms in total. The van der Waals surface area contributed by atoms with Gasteiger partial charge in [0.15, 0.2) is 0 Å². The number of fused-ring (bicyclic) bond motifs is 1. The Hall–Kier alpha value is -3.14. The van der Waals surface area contributed by atoms with Crippen LogP contribution in [0.15, 0.2) is 42.5 Å². The van der Waals surface area contributed by atoms with Crippen LogP contribution in [-0.2, 0) is 4.74 Å². The summed E-state index contributed by atoms with van der Waals surface area (Å²) in [7, 11) is 3.52. The van der Waals surface area contributed by atoms with E-state index in [-0.39, 0.29) is 5.62 Å². The van der Waals surface area contributed by atoms with Gasteiger partial charge in [0.25, 0.3) is 0 Å². The van der Waals surface area contributed by atoms with Crippen LogP contribution in [0.1, 0.15) is 19.4 Å². The number of methoxy groups -OCH3 is 1. The van der Waals surface area contributed by atoms with E-state index < -0.39 is 5.60 Å². The van der Waals surface area contributed by atoms with Crippen LogP contribution in [0.2, 0.25) is 5.02 Å². The van der Waals surface area contributed by atoms with Gasteiger partial charge < -0.3 is 9.64 Å². The Morgan fingerprint density at radius 1 is 1.24 bits per heavy atom. The van der Waals surface area contributed by atoms with Gasteiger partial charge >= 0.3 is 0 Å². The standard InChI is InChI=1S/C22H22ClN5O/c1-22(2,29-4)11-10-15-6-5-7-17(12-15)27(3)20-18-9-8-16(23)13-19(18)28(14-24)21(25)26-20/h5-9,12-14,24-25H,1-4H3. The zero-order valence-corrected chi connectivity index (χ0v) is 17.5. The number of anilines is 2. The van der Waals surface area contributed by atoms with Crippen LogP contribution in [-0.4, -0.2) is 35.6 Å². The van der Waals surface area contributed by atoms with Gasteiger partial charge in [-0.3, -0.25) is 15.4 Å². The Morgan fingerprint density at radius 3 is 2.69 bits per heavy atom. The largest absolute Gasteiger partial charge is 0.366 e. The second kappa shape index (κ2) is 8.08. The van der Waals surface area contributed by atoms with E-state index in [4.69, 9.17) is 27.2 Å². The minimum atomic E-state index is -0.529. The molecule has 3 aromatic rings. The van der Waals surface area contributed by atoms with Crippen molar-refractivity contribution in [2.45, 2.75) is 19.4 Å². The Labute approximate surface area is 174 Å². The number of ether oxygens (including phenoxy) is 1. The van der Waals surface area contributed by atoms with Gasteiger partial charge in [-0.05, 0) is 50.2 Å². The highest BCUT2D eigenvalue weighted by atomic mass is 35.5. The van der Waals surface area contributed by atoms with Crippen molar-refractivity contribution >= 4 is 40.3 Å². The van der Waals surface area contributed by atoms with Crippen molar-refractivity contribution in [3.63, 3.8) is 0 Å². The van der Waals surface area contributed by atoms with E-state index in [9.17, 15) is 0 Å². The Kier molecular flexibility index (Phi) is 5.73. The molecule has 0 fully saturated rings. The fraction of sp³-hybridized carbons (Fsp3) is 0.227. The minimum absolute atomic E-state index is 0.0468. The number of rotatable bonds is 4. The smallest absolute Gasteiger partial charge is 0.229 e. The predicted molar refractivity (Wildman–Crippen MR) is 117 cm³/mol. The zero-order chi connectivity index (χ0) is 21.2. The molecule has 2 aromatic carbocycles. The Bertz CT molecular complexity index is 1200. The SMILES string of the molecule is COC(C)(C)C#Cc1cccc(N(C)c2nc(=N)n(C=N)c3cc(Cl)ccc23)c1. The van der Waals surface area contributed by atoms with Crippen molar-refractivity contribution in [1.29, 1.82) is 10.8 Å². The number of nitrogens with one attached hydrogen (secondary N) is 2. The fourth-order valence-electron chi connectivity index (χ4n) is 2.80. The van der Waals surface area contributed by atoms with E-state index in [1.165, 1.54) is 4.57 Å². The van der Waals surface area contributed by atoms with E-state index in [1.807, 2.05) is 56.1 Å². The first-order chi connectivity index (χ1) is 13.8. The summed E-state index contributed by atoms with van der Waals surface area (Å²) in [4.78, 5) is 6.31. The molecule has 0 amide bonds. The predicted octanol–water partition coefficient (Wildman–Crippen LogP) is 4.17. The molecule has 1 heterocycles. The Morgan fingerprint density at radius 2 is 2.00 bits per heavy atom. The maximum atomic E-state index is 8.21. The molecule has 3 rings (SSSR count). The highest BCUT2D eigenvalue weighted by Gasteiger charge is 2.14. The van der Waals surface area contributed by atoms with Gasteiger partial charge in [-0.2, -0.15) is 4.98 Å². The molecule has 0 aliphatic rings. The summed E-state index contributed by atoms with van der Waals surface area (Å²) in [5.41, 5.74) is 1.80. The molecule has 0 saturated heterocycles. The van der Waals surface area contributed by atoms with Gasteiger partial charge in [-0.15, -0.1) is 0 Å². The van der Waals surface area contributed by atoms with Crippen molar-refractivity contribution in [2.75, 3.05) is 19.1 Å². The highest BCUT2D eigenvalue weighted by molar-refractivity contribution is 6.31. The number of hydrogen-bond acceptors (Lipinski definition) is 5. The molecular weight excluding hydrogens is 386 g/mol.